The minimum atomic E-state index is 0.197. The zero-order valence-electron chi connectivity index (χ0n) is 9.97. The molecule has 3 nitrogen and oxygen atoms in total. The summed E-state index contributed by atoms with van der Waals surface area (Å²) in [6, 6.07) is 12.7. The van der Waals surface area contributed by atoms with E-state index in [1.807, 2.05) is 30.3 Å². The molecule has 0 saturated heterocycles. The van der Waals surface area contributed by atoms with Gasteiger partial charge in [0.05, 0.1) is 6.26 Å². The van der Waals surface area contributed by atoms with Gasteiger partial charge >= 0.3 is 0 Å². The smallest absolute Gasteiger partial charge is 0.137 e. The van der Waals surface area contributed by atoms with Crippen molar-refractivity contribution in [3.05, 3.63) is 58.8 Å². The lowest BCUT2D eigenvalue weighted by atomic mass is 10.2. The number of rotatable bonds is 3. The standard InChI is InChI=1S/C15H11BrO3/c16-11-1-4-13(5-2-11)18-8-10-9-19-15-7-12(17)3-6-14(10)15/h1-7,9,17H,8H2. The number of hydrogen-bond donors (Lipinski definition) is 1. The van der Waals surface area contributed by atoms with E-state index in [9.17, 15) is 5.11 Å². The topological polar surface area (TPSA) is 42.6 Å². The Morgan fingerprint density at radius 1 is 1.11 bits per heavy atom. The van der Waals surface area contributed by atoms with E-state index in [4.69, 9.17) is 9.15 Å². The van der Waals surface area contributed by atoms with E-state index < -0.39 is 0 Å². The molecule has 1 heterocycles. The molecule has 0 fully saturated rings. The second-order valence-electron chi connectivity index (χ2n) is 4.18. The third kappa shape index (κ3) is 2.58. The molecule has 19 heavy (non-hydrogen) atoms. The second-order valence-corrected chi connectivity index (χ2v) is 5.10. The Balaban J connectivity index is 1.80. The van der Waals surface area contributed by atoms with Gasteiger partial charge < -0.3 is 14.3 Å². The van der Waals surface area contributed by atoms with Crippen molar-refractivity contribution in [3.63, 3.8) is 0 Å². The maximum Gasteiger partial charge on any atom is 0.137 e. The fourth-order valence-corrected chi connectivity index (χ4v) is 2.14. The molecule has 0 spiro atoms. The summed E-state index contributed by atoms with van der Waals surface area (Å²) in [5.74, 6) is 0.999. The van der Waals surface area contributed by atoms with Crippen molar-refractivity contribution < 1.29 is 14.3 Å². The molecule has 0 aliphatic heterocycles. The van der Waals surface area contributed by atoms with Crippen LogP contribution in [-0.2, 0) is 6.61 Å². The molecular weight excluding hydrogens is 308 g/mol. The monoisotopic (exact) mass is 318 g/mol. The summed E-state index contributed by atoms with van der Waals surface area (Å²) < 4.78 is 12.1. The number of phenols is 1. The van der Waals surface area contributed by atoms with Gasteiger partial charge in [0.25, 0.3) is 0 Å². The Morgan fingerprint density at radius 2 is 1.89 bits per heavy atom. The highest BCUT2D eigenvalue weighted by atomic mass is 79.9. The van der Waals surface area contributed by atoms with Crippen molar-refractivity contribution >= 4 is 26.9 Å². The number of phenolic OH excluding ortho intramolecular Hbond substituents is 1. The summed E-state index contributed by atoms with van der Waals surface area (Å²) in [4.78, 5) is 0. The molecule has 0 atom stereocenters. The number of benzene rings is 2. The normalized spacial score (nSPS) is 10.8. The first-order chi connectivity index (χ1) is 9.22. The molecule has 3 rings (SSSR count). The predicted molar refractivity (Wildman–Crippen MR) is 76.4 cm³/mol. The van der Waals surface area contributed by atoms with Crippen molar-refractivity contribution in [3.8, 4) is 11.5 Å². The van der Waals surface area contributed by atoms with Crippen LogP contribution in [0.3, 0.4) is 0 Å². The van der Waals surface area contributed by atoms with Crippen LogP contribution in [0.1, 0.15) is 5.56 Å². The first-order valence-corrected chi connectivity index (χ1v) is 6.59. The number of aromatic hydroxyl groups is 1. The van der Waals surface area contributed by atoms with Gasteiger partial charge in [-0.2, -0.15) is 0 Å². The molecule has 0 amide bonds. The second kappa shape index (κ2) is 4.97. The van der Waals surface area contributed by atoms with Crippen LogP contribution >= 0.6 is 15.9 Å². The molecular formula is C15H11BrO3. The SMILES string of the molecule is Oc1ccc2c(COc3ccc(Br)cc3)coc2c1. The number of halogens is 1. The predicted octanol–water partition coefficient (Wildman–Crippen LogP) is 4.48. The van der Waals surface area contributed by atoms with Crippen molar-refractivity contribution in [1.29, 1.82) is 0 Å². The van der Waals surface area contributed by atoms with E-state index in [2.05, 4.69) is 15.9 Å². The summed E-state index contributed by atoms with van der Waals surface area (Å²) in [5, 5.41) is 10.3. The lowest BCUT2D eigenvalue weighted by Gasteiger charge is -2.04. The van der Waals surface area contributed by atoms with Gasteiger partial charge in [-0.15, -0.1) is 0 Å². The summed E-state index contributed by atoms with van der Waals surface area (Å²) in [7, 11) is 0. The van der Waals surface area contributed by atoms with Gasteiger partial charge in [-0.1, -0.05) is 15.9 Å². The third-order valence-corrected chi connectivity index (χ3v) is 3.38. The Labute approximate surface area is 118 Å². The lowest BCUT2D eigenvalue weighted by Crippen LogP contribution is -1.93. The van der Waals surface area contributed by atoms with Crippen LogP contribution in [0.25, 0.3) is 11.0 Å². The Kier molecular flexibility index (Phi) is 3.17. The first-order valence-electron chi connectivity index (χ1n) is 5.80. The number of ether oxygens (including phenoxy) is 1. The summed E-state index contributed by atoms with van der Waals surface area (Å²) in [6.07, 6.45) is 1.66. The molecule has 3 aromatic rings. The van der Waals surface area contributed by atoms with Gasteiger partial charge in [-0.3, -0.25) is 0 Å². The van der Waals surface area contributed by atoms with Gasteiger partial charge in [0, 0.05) is 21.5 Å². The van der Waals surface area contributed by atoms with Crippen LogP contribution < -0.4 is 4.74 Å². The Morgan fingerprint density at radius 3 is 2.68 bits per heavy atom. The maximum absolute atomic E-state index is 9.38. The summed E-state index contributed by atoms with van der Waals surface area (Å²) in [6.45, 7) is 0.430. The van der Waals surface area contributed by atoms with Gasteiger partial charge in [-0.25, -0.2) is 0 Å². The Hall–Kier alpha value is -1.94. The van der Waals surface area contributed by atoms with Crippen molar-refractivity contribution in [2.75, 3.05) is 0 Å². The average Bonchev–Trinajstić information content (AvgIpc) is 2.80. The summed E-state index contributed by atoms with van der Waals surface area (Å²) in [5.41, 5.74) is 1.62. The highest BCUT2D eigenvalue weighted by molar-refractivity contribution is 9.10. The molecule has 1 N–H and O–H groups in total. The minimum Gasteiger partial charge on any atom is -0.508 e. The van der Waals surface area contributed by atoms with Crippen molar-refractivity contribution in [2.45, 2.75) is 6.61 Å². The van der Waals surface area contributed by atoms with Crippen LogP contribution in [-0.4, -0.2) is 5.11 Å². The van der Waals surface area contributed by atoms with Crippen molar-refractivity contribution in [2.24, 2.45) is 0 Å². The fourth-order valence-electron chi connectivity index (χ4n) is 1.88. The highest BCUT2D eigenvalue weighted by Gasteiger charge is 2.07. The largest absolute Gasteiger partial charge is 0.508 e. The van der Waals surface area contributed by atoms with Gasteiger partial charge in [0.1, 0.15) is 23.7 Å². The molecule has 0 aliphatic rings. The minimum absolute atomic E-state index is 0.197. The lowest BCUT2D eigenvalue weighted by molar-refractivity contribution is 0.306. The zero-order chi connectivity index (χ0) is 13.2. The van der Waals surface area contributed by atoms with Crippen LogP contribution in [0.2, 0.25) is 0 Å². The van der Waals surface area contributed by atoms with Crippen molar-refractivity contribution in [1.82, 2.24) is 0 Å². The molecule has 1 aromatic heterocycles. The van der Waals surface area contributed by atoms with E-state index in [0.717, 1.165) is 21.2 Å². The molecule has 0 radical (unpaired) electrons. The molecule has 0 saturated carbocycles. The van der Waals surface area contributed by atoms with Crippen LogP contribution in [0.4, 0.5) is 0 Å². The van der Waals surface area contributed by atoms with Crippen LogP contribution in [0.5, 0.6) is 11.5 Å². The fraction of sp³-hybridized carbons (Fsp3) is 0.0667. The molecule has 2 aromatic carbocycles. The van der Waals surface area contributed by atoms with E-state index in [0.29, 0.717) is 12.2 Å². The van der Waals surface area contributed by atoms with Gasteiger partial charge in [0.15, 0.2) is 0 Å². The average molecular weight is 319 g/mol. The Bertz CT molecular complexity index is 701. The van der Waals surface area contributed by atoms with E-state index >= 15 is 0 Å². The first kappa shape index (κ1) is 12.1. The van der Waals surface area contributed by atoms with Gasteiger partial charge in [0.2, 0.25) is 0 Å². The van der Waals surface area contributed by atoms with Crippen LogP contribution in [0, 0.1) is 0 Å². The zero-order valence-corrected chi connectivity index (χ0v) is 11.6. The summed E-state index contributed by atoms with van der Waals surface area (Å²) >= 11 is 3.38. The molecule has 0 bridgehead atoms. The molecule has 0 aliphatic carbocycles. The van der Waals surface area contributed by atoms with E-state index in [1.54, 1.807) is 18.4 Å². The maximum atomic E-state index is 9.38. The highest BCUT2D eigenvalue weighted by Crippen LogP contribution is 2.26. The third-order valence-electron chi connectivity index (χ3n) is 2.85. The molecule has 96 valence electrons. The van der Waals surface area contributed by atoms with E-state index in [1.165, 1.54) is 0 Å². The quantitative estimate of drug-likeness (QED) is 0.774. The van der Waals surface area contributed by atoms with Gasteiger partial charge in [-0.05, 0) is 36.4 Å². The van der Waals surface area contributed by atoms with Crippen LogP contribution in [0.15, 0.2) is 57.6 Å². The number of furan rings is 1. The number of fused-ring (bicyclic) bond motifs is 1. The van der Waals surface area contributed by atoms with E-state index in [-0.39, 0.29) is 5.75 Å². The molecule has 4 heteroatoms. The molecule has 0 unspecified atom stereocenters. The number of hydrogen-bond acceptors (Lipinski definition) is 3.